The van der Waals surface area contributed by atoms with E-state index in [1.54, 1.807) is 0 Å². The van der Waals surface area contributed by atoms with E-state index in [-0.39, 0.29) is 0 Å². The van der Waals surface area contributed by atoms with E-state index in [2.05, 4.69) is 18.7 Å². The van der Waals surface area contributed by atoms with Crippen molar-refractivity contribution in [2.45, 2.75) is 26.7 Å². The highest BCUT2D eigenvalue weighted by Gasteiger charge is 2.40. The highest BCUT2D eigenvalue weighted by Crippen LogP contribution is 2.42. The third-order valence-electron chi connectivity index (χ3n) is 3.86. The minimum Gasteiger partial charge on any atom is -0.399 e. The summed E-state index contributed by atoms with van der Waals surface area (Å²) in [7, 11) is 0. The van der Waals surface area contributed by atoms with Crippen molar-refractivity contribution in [1.29, 1.82) is 0 Å². The summed E-state index contributed by atoms with van der Waals surface area (Å²) in [6, 6.07) is 5.76. The summed E-state index contributed by atoms with van der Waals surface area (Å²) >= 11 is 6.19. The van der Waals surface area contributed by atoms with Gasteiger partial charge >= 0.3 is 0 Å². The van der Waals surface area contributed by atoms with Crippen LogP contribution in [0.4, 0.5) is 11.4 Å². The Kier molecular flexibility index (Phi) is 3.02. The van der Waals surface area contributed by atoms with Gasteiger partial charge in [0.1, 0.15) is 0 Å². The van der Waals surface area contributed by atoms with Gasteiger partial charge in [0, 0.05) is 24.2 Å². The smallest absolute Gasteiger partial charge is 0.0660 e. The van der Waals surface area contributed by atoms with Crippen molar-refractivity contribution in [3.63, 3.8) is 0 Å². The first-order valence-corrected chi connectivity index (χ1v) is 6.28. The van der Waals surface area contributed by atoms with Crippen molar-refractivity contribution in [1.82, 2.24) is 0 Å². The molecule has 1 aliphatic rings. The molecule has 0 bridgehead atoms. The van der Waals surface area contributed by atoms with Crippen molar-refractivity contribution in [2.75, 3.05) is 23.7 Å². The van der Waals surface area contributed by atoms with Gasteiger partial charge in [-0.05, 0) is 31.0 Å². The second-order valence-electron chi connectivity index (χ2n) is 4.77. The molecule has 2 nitrogen and oxygen atoms in total. The summed E-state index contributed by atoms with van der Waals surface area (Å²) < 4.78 is 0. The molecule has 88 valence electrons. The van der Waals surface area contributed by atoms with Crippen LogP contribution in [-0.4, -0.2) is 13.1 Å². The molecule has 1 saturated heterocycles. The maximum atomic E-state index is 6.19. The fourth-order valence-corrected chi connectivity index (χ4v) is 2.72. The van der Waals surface area contributed by atoms with Crippen LogP contribution in [0.3, 0.4) is 0 Å². The first-order valence-electron chi connectivity index (χ1n) is 5.90. The van der Waals surface area contributed by atoms with Crippen LogP contribution in [0.2, 0.25) is 5.02 Å². The Morgan fingerprint density at radius 1 is 1.31 bits per heavy atom. The highest BCUT2D eigenvalue weighted by molar-refractivity contribution is 6.33. The van der Waals surface area contributed by atoms with E-state index in [1.807, 2.05) is 18.2 Å². The van der Waals surface area contributed by atoms with Gasteiger partial charge in [0.05, 0.1) is 10.7 Å². The zero-order chi connectivity index (χ0) is 11.8. The first kappa shape index (κ1) is 11.6. The lowest BCUT2D eigenvalue weighted by molar-refractivity contribution is 0.194. The summed E-state index contributed by atoms with van der Waals surface area (Å²) in [6.07, 6.45) is 2.49. The van der Waals surface area contributed by atoms with Gasteiger partial charge in [-0.3, -0.25) is 0 Å². The minimum absolute atomic E-state index is 0.505. The molecular formula is C13H19ClN2. The van der Waals surface area contributed by atoms with E-state index < -0.39 is 0 Å². The molecule has 16 heavy (non-hydrogen) atoms. The van der Waals surface area contributed by atoms with Crippen molar-refractivity contribution in [3.8, 4) is 0 Å². The number of rotatable bonds is 3. The Morgan fingerprint density at radius 3 is 2.44 bits per heavy atom. The molecule has 3 heteroatoms. The summed E-state index contributed by atoms with van der Waals surface area (Å²) in [5.74, 6) is 0. The molecule has 0 amide bonds. The maximum Gasteiger partial charge on any atom is 0.0660 e. The van der Waals surface area contributed by atoms with Crippen molar-refractivity contribution < 1.29 is 0 Å². The van der Waals surface area contributed by atoms with E-state index in [1.165, 1.54) is 12.8 Å². The Bertz CT molecular complexity index is 378. The topological polar surface area (TPSA) is 29.3 Å². The molecule has 0 radical (unpaired) electrons. The monoisotopic (exact) mass is 238 g/mol. The average molecular weight is 239 g/mol. The van der Waals surface area contributed by atoms with Crippen LogP contribution in [0.1, 0.15) is 26.7 Å². The predicted octanol–water partition coefficient (Wildman–Crippen LogP) is 3.55. The molecule has 1 heterocycles. The van der Waals surface area contributed by atoms with Gasteiger partial charge in [0.25, 0.3) is 0 Å². The van der Waals surface area contributed by atoms with Crippen LogP contribution in [0.5, 0.6) is 0 Å². The summed E-state index contributed by atoms with van der Waals surface area (Å²) in [5, 5.41) is 0.765. The second-order valence-corrected chi connectivity index (χ2v) is 5.18. The van der Waals surface area contributed by atoms with E-state index in [9.17, 15) is 0 Å². The number of benzene rings is 1. The molecule has 0 aliphatic carbocycles. The Hall–Kier alpha value is -0.890. The molecule has 2 N–H and O–H groups in total. The minimum atomic E-state index is 0.505. The summed E-state index contributed by atoms with van der Waals surface area (Å²) in [4.78, 5) is 2.34. The van der Waals surface area contributed by atoms with Crippen LogP contribution >= 0.6 is 11.6 Å². The molecule has 1 aliphatic heterocycles. The Morgan fingerprint density at radius 2 is 1.94 bits per heavy atom. The molecule has 1 aromatic rings. The van der Waals surface area contributed by atoms with Gasteiger partial charge in [-0.15, -0.1) is 0 Å². The Balaban J connectivity index is 2.12. The third-order valence-corrected chi connectivity index (χ3v) is 4.17. The van der Waals surface area contributed by atoms with Crippen molar-refractivity contribution in [2.24, 2.45) is 5.41 Å². The van der Waals surface area contributed by atoms with Crippen LogP contribution in [0.25, 0.3) is 0 Å². The van der Waals surface area contributed by atoms with Crippen LogP contribution < -0.4 is 10.6 Å². The maximum absolute atomic E-state index is 6.19. The fraction of sp³-hybridized carbons (Fsp3) is 0.538. The van der Waals surface area contributed by atoms with E-state index in [0.29, 0.717) is 5.41 Å². The van der Waals surface area contributed by atoms with E-state index >= 15 is 0 Å². The standard InChI is InChI=1S/C13H19ClN2/c1-3-13(4-2)8-16(9-13)12-6-5-10(15)7-11(12)14/h5-7H,3-4,8-9,15H2,1-2H3. The van der Waals surface area contributed by atoms with Gasteiger partial charge in [0.15, 0.2) is 0 Å². The molecule has 1 aromatic carbocycles. The molecule has 0 unspecified atom stereocenters. The number of nitrogen functional groups attached to an aromatic ring is 1. The van der Waals surface area contributed by atoms with E-state index in [4.69, 9.17) is 17.3 Å². The number of hydrogen-bond acceptors (Lipinski definition) is 2. The molecule has 0 saturated carbocycles. The number of nitrogens with two attached hydrogens (primary N) is 1. The van der Waals surface area contributed by atoms with Crippen LogP contribution in [0, 0.1) is 5.41 Å². The summed E-state index contributed by atoms with van der Waals surface area (Å²) in [6.45, 7) is 6.77. The number of nitrogens with zero attached hydrogens (tertiary/aromatic N) is 1. The highest BCUT2D eigenvalue weighted by atomic mass is 35.5. The lowest BCUT2D eigenvalue weighted by Crippen LogP contribution is -2.56. The zero-order valence-corrected chi connectivity index (χ0v) is 10.7. The van der Waals surface area contributed by atoms with E-state index in [0.717, 1.165) is 29.5 Å². The molecule has 0 atom stereocenters. The molecule has 0 spiro atoms. The second kappa shape index (κ2) is 4.17. The predicted molar refractivity (Wildman–Crippen MR) is 71.1 cm³/mol. The largest absolute Gasteiger partial charge is 0.399 e. The average Bonchev–Trinajstić information content (AvgIpc) is 2.20. The van der Waals surface area contributed by atoms with Crippen molar-refractivity contribution >= 4 is 23.0 Å². The number of hydrogen-bond donors (Lipinski definition) is 1. The first-order chi connectivity index (χ1) is 7.60. The van der Waals surface area contributed by atoms with Gasteiger partial charge < -0.3 is 10.6 Å². The van der Waals surface area contributed by atoms with Gasteiger partial charge in [0.2, 0.25) is 0 Å². The van der Waals surface area contributed by atoms with Crippen molar-refractivity contribution in [3.05, 3.63) is 23.2 Å². The summed E-state index contributed by atoms with van der Waals surface area (Å²) in [5.41, 5.74) is 8.04. The van der Waals surface area contributed by atoms with Gasteiger partial charge in [-0.1, -0.05) is 25.4 Å². The number of anilines is 2. The number of halogens is 1. The Labute approximate surface area is 102 Å². The third kappa shape index (κ3) is 1.86. The SMILES string of the molecule is CCC1(CC)CN(c2ccc(N)cc2Cl)C1. The fourth-order valence-electron chi connectivity index (χ4n) is 2.41. The molecule has 1 fully saturated rings. The van der Waals surface area contributed by atoms with Crippen LogP contribution in [0.15, 0.2) is 18.2 Å². The van der Waals surface area contributed by atoms with Gasteiger partial charge in [-0.2, -0.15) is 0 Å². The zero-order valence-electron chi connectivity index (χ0n) is 9.96. The molecule has 2 rings (SSSR count). The quantitative estimate of drug-likeness (QED) is 0.816. The normalized spacial score (nSPS) is 18.3. The molecular weight excluding hydrogens is 220 g/mol. The molecule has 0 aromatic heterocycles. The lowest BCUT2D eigenvalue weighted by Gasteiger charge is -2.51. The van der Waals surface area contributed by atoms with Crippen LogP contribution in [-0.2, 0) is 0 Å². The lowest BCUT2D eigenvalue weighted by atomic mass is 9.75. The van der Waals surface area contributed by atoms with Gasteiger partial charge in [-0.25, -0.2) is 0 Å².